The van der Waals surface area contributed by atoms with Crippen LogP contribution in [0.25, 0.3) is 5.65 Å². The molecule has 0 amide bonds. The van der Waals surface area contributed by atoms with Crippen molar-refractivity contribution in [1.82, 2.24) is 19.6 Å². The van der Waals surface area contributed by atoms with Crippen molar-refractivity contribution >= 4 is 34.2 Å². The summed E-state index contributed by atoms with van der Waals surface area (Å²) in [6.07, 6.45) is 6.12. The molecule has 0 N–H and O–H groups in total. The highest BCUT2D eigenvalue weighted by molar-refractivity contribution is 14.1. The van der Waals surface area contributed by atoms with Gasteiger partial charge in [0.1, 0.15) is 6.33 Å². The summed E-state index contributed by atoms with van der Waals surface area (Å²) >= 11 is 2.24. The fourth-order valence-electron chi connectivity index (χ4n) is 2.36. The third-order valence-corrected chi connectivity index (χ3v) is 4.18. The Balaban J connectivity index is 2.01. The molecule has 0 bridgehead atoms. The van der Waals surface area contributed by atoms with E-state index in [4.69, 9.17) is 0 Å². The first-order valence-corrected chi connectivity index (χ1v) is 6.96. The monoisotopic (exact) mass is 343 g/mol. The van der Waals surface area contributed by atoms with Gasteiger partial charge in [-0.15, -0.1) is 10.2 Å². The van der Waals surface area contributed by atoms with E-state index >= 15 is 0 Å². The highest BCUT2D eigenvalue weighted by Gasteiger charge is 2.24. The van der Waals surface area contributed by atoms with Gasteiger partial charge in [-0.1, -0.05) is 13.3 Å². The second kappa shape index (κ2) is 4.40. The second-order valence-electron chi connectivity index (χ2n) is 4.44. The van der Waals surface area contributed by atoms with Gasteiger partial charge in [-0.25, -0.2) is 4.98 Å². The SMILES string of the molecule is CCC1CCN(c2ncc(I)c3nncn23)C1. The topological polar surface area (TPSA) is 46.3 Å². The van der Waals surface area contributed by atoms with Gasteiger partial charge in [-0.2, -0.15) is 0 Å². The van der Waals surface area contributed by atoms with Crippen LogP contribution in [0.4, 0.5) is 5.95 Å². The van der Waals surface area contributed by atoms with E-state index in [0.29, 0.717) is 0 Å². The van der Waals surface area contributed by atoms with Crippen LogP contribution in [0, 0.1) is 9.49 Å². The summed E-state index contributed by atoms with van der Waals surface area (Å²) in [4.78, 5) is 6.86. The van der Waals surface area contributed by atoms with E-state index in [-0.39, 0.29) is 0 Å². The van der Waals surface area contributed by atoms with Gasteiger partial charge in [0.15, 0.2) is 5.65 Å². The van der Waals surface area contributed by atoms with Crippen LogP contribution >= 0.6 is 22.6 Å². The van der Waals surface area contributed by atoms with Crippen LogP contribution in [0.3, 0.4) is 0 Å². The molecule has 1 fully saturated rings. The fourth-order valence-corrected chi connectivity index (χ4v) is 2.87. The number of rotatable bonds is 2. The van der Waals surface area contributed by atoms with Gasteiger partial charge >= 0.3 is 0 Å². The highest BCUT2D eigenvalue weighted by atomic mass is 127. The lowest BCUT2D eigenvalue weighted by molar-refractivity contribution is 0.568. The summed E-state index contributed by atoms with van der Waals surface area (Å²) in [5, 5.41) is 8.10. The predicted molar refractivity (Wildman–Crippen MR) is 74.1 cm³/mol. The maximum absolute atomic E-state index is 4.53. The lowest BCUT2D eigenvalue weighted by Crippen LogP contribution is -2.23. The molecule has 0 spiro atoms. The van der Waals surface area contributed by atoms with Crippen LogP contribution in [-0.4, -0.2) is 32.7 Å². The lowest BCUT2D eigenvalue weighted by atomic mass is 10.1. The van der Waals surface area contributed by atoms with Crippen molar-refractivity contribution in [3.05, 3.63) is 16.1 Å². The van der Waals surface area contributed by atoms with Crippen molar-refractivity contribution in [2.24, 2.45) is 5.92 Å². The number of anilines is 1. The largest absolute Gasteiger partial charge is 0.342 e. The Kier molecular flexibility index (Phi) is 2.89. The van der Waals surface area contributed by atoms with E-state index in [1.165, 1.54) is 12.8 Å². The molecule has 0 aromatic carbocycles. The van der Waals surface area contributed by atoms with E-state index in [9.17, 15) is 0 Å². The first-order chi connectivity index (χ1) is 8.29. The van der Waals surface area contributed by atoms with Gasteiger partial charge in [0.05, 0.1) is 3.57 Å². The van der Waals surface area contributed by atoms with E-state index in [0.717, 1.165) is 34.2 Å². The summed E-state index contributed by atoms with van der Waals surface area (Å²) in [6.45, 7) is 4.43. The molecule has 3 heterocycles. The molecule has 0 radical (unpaired) electrons. The number of hydrogen-bond acceptors (Lipinski definition) is 4. The molecule has 2 aromatic rings. The molecule has 90 valence electrons. The molecule has 1 aliphatic rings. The molecule has 3 rings (SSSR count). The quantitative estimate of drug-likeness (QED) is 0.783. The van der Waals surface area contributed by atoms with Gasteiger partial charge in [0, 0.05) is 19.3 Å². The normalized spacial score (nSPS) is 20.4. The van der Waals surface area contributed by atoms with Gasteiger partial charge < -0.3 is 4.90 Å². The van der Waals surface area contributed by atoms with Crippen LogP contribution in [0.5, 0.6) is 0 Å². The molecule has 2 aromatic heterocycles. The zero-order valence-corrected chi connectivity index (χ0v) is 11.8. The Labute approximate surface area is 113 Å². The molecule has 1 unspecified atom stereocenters. The molecular formula is C11H14IN5. The summed E-state index contributed by atoms with van der Waals surface area (Å²) in [5.41, 5.74) is 0.899. The minimum Gasteiger partial charge on any atom is -0.342 e. The van der Waals surface area contributed by atoms with Crippen LogP contribution in [0.15, 0.2) is 12.5 Å². The molecule has 1 aliphatic heterocycles. The molecule has 1 atom stereocenters. The van der Waals surface area contributed by atoms with E-state index in [1.54, 1.807) is 6.33 Å². The zero-order valence-electron chi connectivity index (χ0n) is 9.67. The number of hydrogen-bond donors (Lipinski definition) is 0. The molecule has 0 aliphatic carbocycles. The van der Waals surface area contributed by atoms with Crippen molar-refractivity contribution < 1.29 is 0 Å². The lowest BCUT2D eigenvalue weighted by Gasteiger charge is -2.18. The van der Waals surface area contributed by atoms with Gasteiger partial charge in [-0.05, 0) is 34.9 Å². The van der Waals surface area contributed by atoms with Crippen molar-refractivity contribution in [2.45, 2.75) is 19.8 Å². The fraction of sp³-hybridized carbons (Fsp3) is 0.545. The van der Waals surface area contributed by atoms with E-state index in [1.807, 2.05) is 10.6 Å². The van der Waals surface area contributed by atoms with Crippen molar-refractivity contribution in [3.8, 4) is 0 Å². The Hall–Kier alpha value is -0.920. The third kappa shape index (κ3) is 1.88. The third-order valence-electron chi connectivity index (χ3n) is 3.42. The standard InChI is InChI=1S/C11H14IN5/c1-2-8-3-4-16(6-8)11-13-5-9(12)10-15-14-7-17(10)11/h5,7-8H,2-4,6H2,1H3. The molecule has 17 heavy (non-hydrogen) atoms. The predicted octanol–water partition coefficient (Wildman–Crippen LogP) is 1.97. The Bertz CT molecular complexity index is 538. The Morgan fingerprint density at radius 2 is 2.41 bits per heavy atom. The first kappa shape index (κ1) is 11.2. The molecule has 6 heteroatoms. The van der Waals surface area contributed by atoms with Crippen LogP contribution < -0.4 is 4.90 Å². The zero-order chi connectivity index (χ0) is 11.8. The number of aromatic nitrogens is 4. The minimum atomic E-state index is 0.794. The smallest absolute Gasteiger partial charge is 0.212 e. The number of nitrogens with zero attached hydrogens (tertiary/aromatic N) is 5. The number of halogens is 1. The van der Waals surface area contributed by atoms with Crippen LogP contribution in [0.2, 0.25) is 0 Å². The highest BCUT2D eigenvalue weighted by Crippen LogP contribution is 2.25. The average Bonchev–Trinajstić information content (AvgIpc) is 2.98. The molecule has 1 saturated heterocycles. The van der Waals surface area contributed by atoms with Gasteiger partial charge in [0.2, 0.25) is 5.95 Å². The summed E-state index contributed by atoms with van der Waals surface area (Å²) in [7, 11) is 0. The van der Waals surface area contributed by atoms with E-state index in [2.05, 4.69) is 49.6 Å². The van der Waals surface area contributed by atoms with Crippen LogP contribution in [-0.2, 0) is 0 Å². The first-order valence-electron chi connectivity index (χ1n) is 5.88. The van der Waals surface area contributed by atoms with Crippen molar-refractivity contribution in [1.29, 1.82) is 0 Å². The average molecular weight is 343 g/mol. The van der Waals surface area contributed by atoms with Crippen molar-refractivity contribution in [2.75, 3.05) is 18.0 Å². The summed E-state index contributed by atoms with van der Waals surface area (Å²) in [5.74, 6) is 1.77. The minimum absolute atomic E-state index is 0.794. The van der Waals surface area contributed by atoms with Gasteiger partial charge in [-0.3, -0.25) is 4.40 Å². The van der Waals surface area contributed by atoms with Gasteiger partial charge in [0.25, 0.3) is 0 Å². The Morgan fingerprint density at radius 1 is 1.53 bits per heavy atom. The second-order valence-corrected chi connectivity index (χ2v) is 5.60. The maximum Gasteiger partial charge on any atom is 0.212 e. The number of fused-ring (bicyclic) bond motifs is 1. The van der Waals surface area contributed by atoms with Crippen LogP contribution in [0.1, 0.15) is 19.8 Å². The van der Waals surface area contributed by atoms with Crippen molar-refractivity contribution in [3.63, 3.8) is 0 Å². The molecular weight excluding hydrogens is 329 g/mol. The summed E-state index contributed by atoms with van der Waals surface area (Å²) < 4.78 is 3.02. The summed E-state index contributed by atoms with van der Waals surface area (Å²) in [6, 6.07) is 0. The molecule has 5 nitrogen and oxygen atoms in total. The maximum atomic E-state index is 4.53. The Morgan fingerprint density at radius 3 is 3.18 bits per heavy atom. The molecule has 0 saturated carbocycles. The van der Waals surface area contributed by atoms with E-state index < -0.39 is 0 Å².